The third kappa shape index (κ3) is 2.36. The van der Waals surface area contributed by atoms with E-state index in [2.05, 4.69) is 26.0 Å². The van der Waals surface area contributed by atoms with E-state index in [-0.39, 0.29) is 5.97 Å². The number of alkyl halides is 1. The summed E-state index contributed by atoms with van der Waals surface area (Å²) < 4.78 is 30.0. The molecule has 0 saturated carbocycles. The first-order valence-corrected chi connectivity index (χ1v) is 12.1. The second-order valence-corrected chi connectivity index (χ2v) is 12.1. The molecule has 3 fully saturated rings. The zero-order chi connectivity index (χ0) is 24.4. The van der Waals surface area contributed by atoms with Crippen LogP contribution in [0.25, 0.3) is 0 Å². The number of epoxide rings is 1. The summed E-state index contributed by atoms with van der Waals surface area (Å²) in [6.45, 7) is 9.74. The first kappa shape index (κ1) is 22.4. The number of esters is 2. The Morgan fingerprint density at radius 3 is 2.47 bits per heavy atom. The predicted molar refractivity (Wildman–Crippen MR) is 121 cm³/mol. The molecule has 0 radical (unpaired) electrons. The standard InChI is InChI=1S/C26H29ClO7/c1-21(2)25(11-7-17(28)33-21)13-16(32-24(25,5)27)22(3)9-6-10-23(4)18(15-8-12-30-14-15)31-20(29)19-26(22,23)34-19/h6-9,11-12,14,16,18-19H,10,13H2,1-5H3. The summed E-state index contributed by atoms with van der Waals surface area (Å²) in [6.07, 6.45) is 10.2. The van der Waals surface area contributed by atoms with Crippen molar-refractivity contribution in [3.8, 4) is 0 Å². The number of ether oxygens (including phenoxy) is 4. The lowest BCUT2D eigenvalue weighted by molar-refractivity contribution is -0.179. The summed E-state index contributed by atoms with van der Waals surface area (Å²) in [4.78, 5) is 25.1. The second kappa shape index (κ2) is 6.37. The highest BCUT2D eigenvalue weighted by Crippen LogP contribution is 2.74. The van der Waals surface area contributed by atoms with Crippen LogP contribution in [0.5, 0.6) is 0 Å². The van der Waals surface area contributed by atoms with Gasteiger partial charge in [-0.1, -0.05) is 43.7 Å². The van der Waals surface area contributed by atoms with Crippen molar-refractivity contribution in [2.75, 3.05) is 0 Å². The van der Waals surface area contributed by atoms with Crippen LogP contribution in [-0.2, 0) is 28.5 Å². The van der Waals surface area contributed by atoms with Gasteiger partial charge in [-0.2, -0.15) is 0 Å². The van der Waals surface area contributed by atoms with E-state index in [9.17, 15) is 9.59 Å². The van der Waals surface area contributed by atoms with E-state index < -0.39 is 56.8 Å². The van der Waals surface area contributed by atoms with E-state index in [0.717, 1.165) is 5.56 Å². The van der Waals surface area contributed by atoms with Gasteiger partial charge in [0.15, 0.2) is 11.2 Å². The van der Waals surface area contributed by atoms with Crippen LogP contribution in [0.2, 0.25) is 0 Å². The zero-order valence-electron chi connectivity index (χ0n) is 19.9. The van der Waals surface area contributed by atoms with Gasteiger partial charge in [-0.15, -0.1) is 0 Å². The van der Waals surface area contributed by atoms with Gasteiger partial charge in [0.25, 0.3) is 0 Å². The van der Waals surface area contributed by atoms with Crippen LogP contribution in [-0.4, -0.2) is 40.4 Å². The van der Waals surface area contributed by atoms with Crippen molar-refractivity contribution < 1.29 is 33.0 Å². The Morgan fingerprint density at radius 1 is 1.03 bits per heavy atom. The van der Waals surface area contributed by atoms with E-state index in [1.807, 2.05) is 32.9 Å². The van der Waals surface area contributed by atoms with E-state index >= 15 is 0 Å². The molecule has 2 spiro atoms. The number of carbonyl (C=O) groups excluding carboxylic acids is 2. The highest BCUT2D eigenvalue weighted by Gasteiger charge is 2.85. The van der Waals surface area contributed by atoms with Gasteiger partial charge in [0, 0.05) is 22.5 Å². The Hall–Kier alpha value is -2.09. The van der Waals surface area contributed by atoms with Gasteiger partial charge in [0.2, 0.25) is 0 Å². The molecular formula is C26H29ClO7. The number of halogens is 1. The number of hydrogen-bond donors (Lipinski definition) is 0. The van der Waals surface area contributed by atoms with Gasteiger partial charge >= 0.3 is 11.9 Å². The van der Waals surface area contributed by atoms with Gasteiger partial charge in [-0.25, -0.2) is 9.59 Å². The molecule has 1 aliphatic carbocycles. The van der Waals surface area contributed by atoms with Crippen LogP contribution in [0, 0.1) is 16.2 Å². The molecular weight excluding hydrogens is 460 g/mol. The summed E-state index contributed by atoms with van der Waals surface area (Å²) >= 11 is 7.09. The maximum absolute atomic E-state index is 13.1. The van der Waals surface area contributed by atoms with Crippen molar-refractivity contribution in [3.63, 3.8) is 0 Å². The summed E-state index contributed by atoms with van der Waals surface area (Å²) in [7, 11) is 0. The Kier molecular flexibility index (Phi) is 4.19. The molecule has 5 aliphatic rings. The van der Waals surface area contributed by atoms with Crippen LogP contribution in [0.1, 0.15) is 59.1 Å². The van der Waals surface area contributed by atoms with E-state index in [0.29, 0.717) is 12.8 Å². The zero-order valence-corrected chi connectivity index (χ0v) is 20.7. The van der Waals surface area contributed by atoms with Gasteiger partial charge in [-0.05, 0) is 39.7 Å². The fourth-order valence-corrected chi connectivity index (χ4v) is 7.95. The number of rotatable bonds is 2. The molecule has 7 nitrogen and oxygen atoms in total. The minimum Gasteiger partial charge on any atom is -0.472 e. The Bertz CT molecular complexity index is 1140. The van der Waals surface area contributed by atoms with Gasteiger partial charge in [0.05, 0.1) is 24.0 Å². The lowest BCUT2D eigenvalue weighted by Crippen LogP contribution is -2.62. The molecule has 8 heteroatoms. The van der Waals surface area contributed by atoms with Crippen molar-refractivity contribution >= 4 is 23.5 Å². The number of allylic oxidation sites excluding steroid dienone is 1. The molecule has 3 saturated heterocycles. The SMILES string of the molecule is CC1(C)OC(=O)C=CC12CC(C1(C)C=CCC3(C)C(c4ccoc4)OC(=O)C4OC413)OC2(C)Cl. The lowest BCUT2D eigenvalue weighted by Gasteiger charge is -2.54. The van der Waals surface area contributed by atoms with Crippen LogP contribution < -0.4 is 0 Å². The third-order valence-corrected chi connectivity index (χ3v) is 9.84. The summed E-state index contributed by atoms with van der Waals surface area (Å²) in [5, 5.41) is -1.15. The fraction of sp³-hybridized carbons (Fsp3) is 0.615. The molecule has 182 valence electrons. The fourth-order valence-electron chi connectivity index (χ4n) is 7.48. The molecule has 1 aromatic heterocycles. The molecule has 0 amide bonds. The molecule has 0 N–H and O–H groups in total. The molecule has 4 aliphatic heterocycles. The molecule has 1 aromatic rings. The number of furan rings is 1. The Balaban J connectivity index is 1.46. The molecule has 8 unspecified atom stereocenters. The molecule has 8 atom stereocenters. The topological polar surface area (TPSA) is 87.5 Å². The predicted octanol–water partition coefficient (Wildman–Crippen LogP) is 4.61. The van der Waals surface area contributed by atoms with E-state index in [1.54, 1.807) is 12.5 Å². The van der Waals surface area contributed by atoms with Crippen LogP contribution in [0.15, 0.2) is 47.3 Å². The first-order chi connectivity index (χ1) is 15.8. The molecule has 0 aromatic carbocycles. The summed E-state index contributed by atoms with van der Waals surface area (Å²) in [5.74, 6) is -0.775. The lowest BCUT2D eigenvalue weighted by atomic mass is 9.50. The number of cyclic esters (lactones) is 2. The highest BCUT2D eigenvalue weighted by molar-refractivity contribution is 6.23. The average molecular weight is 489 g/mol. The third-order valence-electron chi connectivity index (χ3n) is 9.41. The summed E-state index contributed by atoms with van der Waals surface area (Å²) in [6, 6.07) is 1.83. The monoisotopic (exact) mass is 488 g/mol. The normalized spacial score (nSPS) is 50.5. The molecule has 5 heterocycles. The molecule has 6 rings (SSSR count). The first-order valence-electron chi connectivity index (χ1n) is 11.7. The maximum Gasteiger partial charge on any atom is 0.339 e. The van der Waals surface area contributed by atoms with Gasteiger partial charge < -0.3 is 23.4 Å². The van der Waals surface area contributed by atoms with Crippen molar-refractivity contribution in [2.45, 2.75) is 82.0 Å². The average Bonchev–Trinajstić information content (AvgIpc) is 3.18. The van der Waals surface area contributed by atoms with E-state index in [4.69, 9.17) is 35.0 Å². The minimum atomic E-state index is -1.15. The molecule has 34 heavy (non-hydrogen) atoms. The van der Waals surface area contributed by atoms with Crippen LogP contribution >= 0.6 is 11.6 Å². The minimum absolute atomic E-state index is 0.377. The van der Waals surface area contributed by atoms with Crippen molar-refractivity contribution in [3.05, 3.63) is 48.5 Å². The van der Waals surface area contributed by atoms with Gasteiger partial charge in [0.1, 0.15) is 17.3 Å². The highest BCUT2D eigenvalue weighted by atomic mass is 35.5. The second-order valence-electron chi connectivity index (χ2n) is 11.4. The quantitative estimate of drug-likeness (QED) is 0.260. The van der Waals surface area contributed by atoms with E-state index in [1.165, 1.54) is 6.08 Å². The van der Waals surface area contributed by atoms with Crippen LogP contribution in [0.3, 0.4) is 0 Å². The molecule has 0 bridgehead atoms. The van der Waals surface area contributed by atoms with Crippen molar-refractivity contribution in [2.24, 2.45) is 16.2 Å². The maximum atomic E-state index is 13.1. The summed E-state index contributed by atoms with van der Waals surface area (Å²) in [5.41, 5.74) is -2.95. The number of hydrogen-bond acceptors (Lipinski definition) is 7. The van der Waals surface area contributed by atoms with Gasteiger partial charge in [-0.3, -0.25) is 0 Å². The van der Waals surface area contributed by atoms with Crippen molar-refractivity contribution in [1.82, 2.24) is 0 Å². The van der Waals surface area contributed by atoms with Crippen molar-refractivity contribution in [1.29, 1.82) is 0 Å². The Labute approximate surface area is 203 Å². The smallest absolute Gasteiger partial charge is 0.339 e. The number of carbonyl (C=O) groups is 2. The van der Waals surface area contributed by atoms with Crippen LogP contribution in [0.4, 0.5) is 0 Å². The largest absolute Gasteiger partial charge is 0.472 e. The Morgan fingerprint density at radius 2 is 1.79 bits per heavy atom.